The molecule has 0 radical (unpaired) electrons. The molecule has 1 aromatic heterocycles. The van der Waals surface area contributed by atoms with Crippen LogP contribution in [0.5, 0.6) is 5.75 Å². The number of anilines is 1. The molecule has 1 N–H and O–H groups in total. The number of nitrogens with one attached hydrogen (secondary N) is 1. The van der Waals surface area contributed by atoms with E-state index in [-0.39, 0.29) is 0 Å². The Morgan fingerprint density at radius 3 is 2.86 bits per heavy atom. The Labute approximate surface area is 131 Å². The number of pyridine rings is 1. The van der Waals surface area contributed by atoms with Crippen LogP contribution in [0, 0.1) is 5.92 Å². The average Bonchev–Trinajstić information content (AvgIpc) is 2.52. The summed E-state index contributed by atoms with van der Waals surface area (Å²) < 4.78 is 5.31. The van der Waals surface area contributed by atoms with Crippen molar-refractivity contribution in [3.8, 4) is 5.75 Å². The molecular weight excluding hydrogens is 284 g/mol. The Bertz CT molecular complexity index is 568. The number of hydrogen-bond donors (Lipinski definition) is 1. The highest BCUT2D eigenvalue weighted by atomic mass is 35.5. The predicted molar refractivity (Wildman–Crippen MR) is 90.5 cm³/mol. The fourth-order valence-corrected chi connectivity index (χ4v) is 2.88. The van der Waals surface area contributed by atoms with Gasteiger partial charge >= 0.3 is 0 Å². The predicted octanol–water partition coefficient (Wildman–Crippen LogP) is 4.70. The molecule has 114 valence electrons. The third kappa shape index (κ3) is 4.24. The number of aromatic nitrogens is 1. The Morgan fingerprint density at radius 2 is 2.14 bits per heavy atom. The molecule has 1 heterocycles. The zero-order valence-corrected chi connectivity index (χ0v) is 13.5. The fourth-order valence-electron chi connectivity index (χ4n) is 2.57. The molecule has 21 heavy (non-hydrogen) atoms. The second-order valence-electron chi connectivity index (χ2n) is 5.26. The molecule has 0 fully saturated rings. The van der Waals surface area contributed by atoms with E-state index in [1.807, 2.05) is 24.4 Å². The van der Waals surface area contributed by atoms with Gasteiger partial charge in [0.2, 0.25) is 0 Å². The number of fused-ring (bicyclic) bond motifs is 1. The van der Waals surface area contributed by atoms with Crippen molar-refractivity contribution in [2.45, 2.75) is 26.2 Å². The summed E-state index contributed by atoms with van der Waals surface area (Å²) in [6.45, 7) is 3.12. The maximum Gasteiger partial charge on any atom is 0.133 e. The number of ether oxygens (including phenoxy) is 1. The monoisotopic (exact) mass is 306 g/mol. The Kier molecular flexibility index (Phi) is 6.12. The van der Waals surface area contributed by atoms with E-state index in [1.54, 1.807) is 7.11 Å². The normalized spacial score (nSPS) is 12.3. The summed E-state index contributed by atoms with van der Waals surface area (Å²) in [4.78, 5) is 4.47. The van der Waals surface area contributed by atoms with Gasteiger partial charge in [-0.25, -0.2) is 4.98 Å². The zero-order chi connectivity index (χ0) is 15.1. The first kappa shape index (κ1) is 15.9. The lowest BCUT2D eigenvalue weighted by molar-refractivity contribution is 0.415. The van der Waals surface area contributed by atoms with Crippen LogP contribution >= 0.6 is 11.6 Å². The number of hydrogen-bond acceptors (Lipinski definition) is 3. The first-order valence-corrected chi connectivity index (χ1v) is 8.04. The van der Waals surface area contributed by atoms with Crippen LogP contribution in [0.2, 0.25) is 0 Å². The second-order valence-corrected chi connectivity index (χ2v) is 5.64. The highest BCUT2D eigenvalue weighted by molar-refractivity contribution is 6.17. The Balaban J connectivity index is 2.17. The van der Waals surface area contributed by atoms with Gasteiger partial charge in [-0.05, 0) is 42.3 Å². The van der Waals surface area contributed by atoms with Crippen molar-refractivity contribution < 1.29 is 4.74 Å². The van der Waals surface area contributed by atoms with Gasteiger partial charge in [0.1, 0.15) is 11.6 Å². The quantitative estimate of drug-likeness (QED) is 0.718. The lowest BCUT2D eigenvalue weighted by Gasteiger charge is -2.17. The molecule has 0 amide bonds. The summed E-state index contributed by atoms with van der Waals surface area (Å²) in [5, 5.41) is 5.74. The number of nitrogens with zero attached hydrogens (tertiary/aromatic N) is 1. The largest absolute Gasteiger partial charge is 0.497 e. The number of rotatable bonds is 8. The lowest BCUT2D eigenvalue weighted by atomic mass is 10.0. The van der Waals surface area contributed by atoms with Gasteiger partial charge in [0.05, 0.1) is 7.11 Å². The summed E-state index contributed by atoms with van der Waals surface area (Å²) >= 11 is 5.89. The molecule has 0 bridgehead atoms. The minimum atomic E-state index is 0.593. The molecule has 2 rings (SSSR count). The van der Waals surface area contributed by atoms with E-state index in [9.17, 15) is 0 Å². The van der Waals surface area contributed by atoms with Crippen molar-refractivity contribution in [3.63, 3.8) is 0 Å². The van der Waals surface area contributed by atoms with Crippen molar-refractivity contribution in [3.05, 3.63) is 30.5 Å². The Hall–Kier alpha value is -1.48. The van der Waals surface area contributed by atoms with Crippen molar-refractivity contribution in [1.82, 2.24) is 4.98 Å². The molecule has 0 spiro atoms. The van der Waals surface area contributed by atoms with Gasteiger partial charge in [0.25, 0.3) is 0 Å². The van der Waals surface area contributed by atoms with Gasteiger partial charge in [-0.2, -0.15) is 0 Å². The summed E-state index contributed by atoms with van der Waals surface area (Å²) in [5.74, 6) is 3.07. The molecule has 0 aliphatic rings. The van der Waals surface area contributed by atoms with Crippen LogP contribution in [0.25, 0.3) is 10.8 Å². The van der Waals surface area contributed by atoms with Crippen molar-refractivity contribution >= 4 is 28.2 Å². The van der Waals surface area contributed by atoms with Gasteiger partial charge in [-0.3, -0.25) is 0 Å². The maximum absolute atomic E-state index is 5.89. The van der Waals surface area contributed by atoms with Crippen molar-refractivity contribution in [2.24, 2.45) is 5.92 Å². The summed E-state index contributed by atoms with van der Waals surface area (Å²) in [6.07, 6.45) is 5.25. The zero-order valence-electron chi connectivity index (χ0n) is 12.7. The fraction of sp³-hybridized carbons (Fsp3) is 0.471. The van der Waals surface area contributed by atoms with Crippen LogP contribution in [-0.2, 0) is 0 Å². The van der Waals surface area contributed by atoms with Crippen molar-refractivity contribution in [2.75, 3.05) is 24.9 Å². The first-order chi connectivity index (χ1) is 10.3. The summed E-state index contributed by atoms with van der Waals surface area (Å²) in [5.41, 5.74) is 0. The van der Waals surface area contributed by atoms with Crippen LogP contribution in [0.3, 0.4) is 0 Å². The molecular formula is C17H23ClN2O. The molecule has 4 heteroatoms. The first-order valence-electron chi connectivity index (χ1n) is 7.51. The van der Waals surface area contributed by atoms with Crippen LogP contribution < -0.4 is 10.1 Å². The summed E-state index contributed by atoms with van der Waals surface area (Å²) in [7, 11) is 1.68. The van der Waals surface area contributed by atoms with Crippen LogP contribution in [0.4, 0.5) is 5.82 Å². The number of benzene rings is 1. The summed E-state index contributed by atoms with van der Waals surface area (Å²) in [6, 6.07) is 8.08. The van der Waals surface area contributed by atoms with Gasteiger partial charge in [0, 0.05) is 24.0 Å². The average molecular weight is 307 g/mol. The molecule has 1 unspecified atom stereocenters. The third-order valence-corrected chi connectivity index (χ3v) is 3.96. The number of methoxy groups -OCH3 is 1. The van der Waals surface area contributed by atoms with Crippen molar-refractivity contribution in [1.29, 1.82) is 0 Å². The van der Waals surface area contributed by atoms with E-state index in [1.165, 1.54) is 12.8 Å². The van der Waals surface area contributed by atoms with E-state index in [4.69, 9.17) is 16.3 Å². The highest BCUT2D eigenvalue weighted by Gasteiger charge is 2.09. The number of halogens is 1. The number of alkyl halides is 1. The van der Waals surface area contributed by atoms with Crippen LogP contribution in [0.15, 0.2) is 30.5 Å². The molecule has 2 aromatic rings. The van der Waals surface area contributed by atoms with Gasteiger partial charge < -0.3 is 10.1 Å². The SMILES string of the molecule is CCCC(CCCl)CNc1nccc2ccc(OC)cc12. The van der Waals surface area contributed by atoms with E-state index in [0.717, 1.165) is 35.3 Å². The second kappa shape index (κ2) is 8.08. The molecule has 3 nitrogen and oxygen atoms in total. The van der Waals surface area contributed by atoms with Gasteiger partial charge in [-0.15, -0.1) is 11.6 Å². The van der Waals surface area contributed by atoms with E-state index in [0.29, 0.717) is 11.8 Å². The topological polar surface area (TPSA) is 34.2 Å². The minimum Gasteiger partial charge on any atom is -0.497 e. The van der Waals surface area contributed by atoms with E-state index in [2.05, 4.69) is 23.3 Å². The standard InChI is InChI=1S/C17H23ClN2O/c1-3-4-13(7-9-18)12-20-17-16-11-15(21-2)6-5-14(16)8-10-19-17/h5-6,8,10-11,13H,3-4,7,9,12H2,1-2H3,(H,19,20). The molecule has 0 aliphatic carbocycles. The van der Waals surface area contributed by atoms with Crippen LogP contribution in [-0.4, -0.2) is 24.5 Å². The lowest BCUT2D eigenvalue weighted by Crippen LogP contribution is -2.15. The molecule has 0 saturated carbocycles. The third-order valence-electron chi connectivity index (χ3n) is 3.75. The minimum absolute atomic E-state index is 0.593. The Morgan fingerprint density at radius 1 is 1.29 bits per heavy atom. The van der Waals surface area contributed by atoms with Crippen LogP contribution in [0.1, 0.15) is 26.2 Å². The maximum atomic E-state index is 5.89. The van der Waals surface area contributed by atoms with Gasteiger partial charge in [-0.1, -0.05) is 19.4 Å². The molecule has 0 saturated heterocycles. The van der Waals surface area contributed by atoms with Gasteiger partial charge in [0.15, 0.2) is 0 Å². The molecule has 1 aromatic carbocycles. The molecule has 1 atom stereocenters. The van der Waals surface area contributed by atoms with E-state index < -0.39 is 0 Å². The smallest absolute Gasteiger partial charge is 0.133 e. The van der Waals surface area contributed by atoms with E-state index >= 15 is 0 Å². The highest BCUT2D eigenvalue weighted by Crippen LogP contribution is 2.26. The molecule has 0 aliphatic heterocycles.